The Balaban J connectivity index is 1.35. The molecule has 0 aliphatic carbocycles. The molecule has 5 aromatic rings. The molecule has 0 fully saturated rings. The number of primary amides is 1. The van der Waals surface area contributed by atoms with E-state index in [4.69, 9.17) is 5.73 Å². The minimum absolute atomic E-state index is 0.0918. The number of anilines is 1. The lowest BCUT2D eigenvalue weighted by Crippen LogP contribution is -2.49. The van der Waals surface area contributed by atoms with Crippen LogP contribution < -0.4 is 21.7 Å². The molecule has 10 nitrogen and oxygen atoms in total. The summed E-state index contributed by atoms with van der Waals surface area (Å²) in [5.74, 6) is -3.79. The molecule has 50 heavy (non-hydrogen) atoms. The van der Waals surface area contributed by atoms with Crippen LogP contribution in [0.3, 0.4) is 0 Å². The van der Waals surface area contributed by atoms with Gasteiger partial charge in [-0.05, 0) is 54.2 Å². The Morgan fingerprint density at radius 3 is 2.08 bits per heavy atom. The van der Waals surface area contributed by atoms with Crippen LogP contribution in [-0.2, 0) is 38.2 Å². The number of benzene rings is 4. The third-order valence-corrected chi connectivity index (χ3v) is 11.0. The predicted molar refractivity (Wildman–Crippen MR) is 198 cm³/mol. The molecule has 0 saturated heterocycles. The molecule has 260 valence electrons. The number of aromatic amines is 1. The summed E-state index contributed by atoms with van der Waals surface area (Å²) in [4.78, 5) is 54.6. The number of nitrogens with one attached hydrogen (secondary N) is 4. The number of nitrogens with two attached hydrogens (primary N) is 1. The van der Waals surface area contributed by atoms with Gasteiger partial charge in [-0.2, -0.15) is 0 Å². The smallest absolute Gasteiger partial charge is 0.240 e. The predicted octanol–water partition coefficient (Wildman–Crippen LogP) is 5.39. The third kappa shape index (κ3) is 10.4. The van der Waals surface area contributed by atoms with Crippen molar-refractivity contribution in [2.45, 2.75) is 43.9 Å². The van der Waals surface area contributed by atoms with Gasteiger partial charge < -0.3 is 31.6 Å². The van der Waals surface area contributed by atoms with Gasteiger partial charge in [0.05, 0.1) is 6.54 Å². The van der Waals surface area contributed by atoms with E-state index in [0.717, 1.165) is 33.3 Å². The van der Waals surface area contributed by atoms with E-state index in [1.165, 1.54) is 0 Å². The van der Waals surface area contributed by atoms with Crippen LogP contribution in [0, 0.1) is 5.92 Å². The van der Waals surface area contributed by atoms with Crippen LogP contribution in [0.4, 0.5) is 5.69 Å². The molecule has 0 aliphatic rings. The first-order valence-electron chi connectivity index (χ1n) is 16.8. The van der Waals surface area contributed by atoms with Crippen LogP contribution in [0.15, 0.2) is 121 Å². The molecule has 0 saturated carbocycles. The molecular weight excluding hydrogens is 649 g/mol. The fourth-order valence-electron chi connectivity index (χ4n) is 6.09. The van der Waals surface area contributed by atoms with Crippen LogP contribution in [-0.4, -0.2) is 52.1 Å². The Labute approximate surface area is 292 Å². The van der Waals surface area contributed by atoms with Crippen LogP contribution >= 0.6 is 7.37 Å². The number of fused-ring (bicyclic) bond motifs is 1. The fourth-order valence-corrected chi connectivity index (χ4v) is 8.16. The molecule has 0 bridgehead atoms. The van der Waals surface area contributed by atoms with Gasteiger partial charge in [-0.15, -0.1) is 0 Å². The van der Waals surface area contributed by atoms with Crippen molar-refractivity contribution in [1.82, 2.24) is 15.6 Å². The molecule has 0 aliphatic heterocycles. The van der Waals surface area contributed by atoms with Crippen molar-refractivity contribution < 1.29 is 23.8 Å². The van der Waals surface area contributed by atoms with E-state index in [-0.39, 0.29) is 25.8 Å². The topological polar surface area (TPSA) is 166 Å². The summed E-state index contributed by atoms with van der Waals surface area (Å²) in [6.45, 7) is -0.107. The highest BCUT2D eigenvalue weighted by molar-refractivity contribution is 7.58. The molecule has 0 radical (unpaired) electrons. The van der Waals surface area contributed by atoms with Gasteiger partial charge in [-0.25, -0.2) is 0 Å². The number of amides is 3. The summed E-state index contributed by atoms with van der Waals surface area (Å²) in [6, 6.07) is 34.7. The lowest BCUT2D eigenvalue weighted by Gasteiger charge is -2.28. The summed E-state index contributed by atoms with van der Waals surface area (Å²) in [5, 5.41) is 9.53. The summed E-state index contributed by atoms with van der Waals surface area (Å²) >= 11 is 0. The molecule has 1 heterocycles. The highest BCUT2D eigenvalue weighted by Crippen LogP contribution is 2.49. The van der Waals surface area contributed by atoms with E-state index >= 15 is 0 Å². The average molecular weight is 694 g/mol. The number of hydrogen-bond donors (Lipinski definition) is 6. The SMILES string of the molecule is NC(=O)[C@H](Cc1c[nH]c2ccccc12)NC(=O)C(CCCc1ccccc1)CP(=O)(O)C(Cc1ccccc1)NC(=O)CNc1ccccc1. The molecule has 3 unspecified atom stereocenters. The van der Waals surface area contributed by atoms with Crippen LogP contribution in [0.2, 0.25) is 0 Å². The van der Waals surface area contributed by atoms with Crippen molar-refractivity contribution >= 4 is 41.7 Å². The van der Waals surface area contributed by atoms with Crippen molar-refractivity contribution in [2.75, 3.05) is 18.0 Å². The standard InChI is InChI=1S/C39H44N5O5P/c40-38(46)35(24-31-25-42-34-22-11-10-21-33(31)34)43-39(47)30(18-12-17-28-13-4-1-5-14-28)27-50(48,49)37(23-29-15-6-2-7-16-29)44-36(45)26-41-32-19-8-3-9-20-32/h1-11,13-16,19-22,25,30,35,37,41-42H,12,17-18,23-24,26-27H2,(H2,40,46)(H,43,47)(H,44,45)(H,48,49)/t30?,35-,37?/m0/s1. The number of rotatable bonds is 18. The Morgan fingerprint density at radius 1 is 0.780 bits per heavy atom. The van der Waals surface area contributed by atoms with Gasteiger partial charge in [0.25, 0.3) is 0 Å². The zero-order valence-corrected chi connectivity index (χ0v) is 28.7. The van der Waals surface area contributed by atoms with Crippen molar-refractivity contribution in [3.8, 4) is 0 Å². The first-order valence-corrected chi connectivity index (χ1v) is 18.7. The van der Waals surface area contributed by atoms with Gasteiger partial charge in [-0.3, -0.25) is 18.9 Å². The van der Waals surface area contributed by atoms with Gasteiger partial charge in [-0.1, -0.05) is 97.1 Å². The second-order valence-corrected chi connectivity index (χ2v) is 15.0. The highest BCUT2D eigenvalue weighted by Gasteiger charge is 2.38. The van der Waals surface area contributed by atoms with Gasteiger partial charge in [0, 0.05) is 47.7 Å². The quantitative estimate of drug-likeness (QED) is 0.0674. The minimum Gasteiger partial charge on any atom is -0.376 e. The van der Waals surface area contributed by atoms with Crippen LogP contribution in [0.25, 0.3) is 10.9 Å². The van der Waals surface area contributed by atoms with Crippen molar-refractivity contribution in [3.05, 3.63) is 138 Å². The maximum atomic E-state index is 14.3. The summed E-state index contributed by atoms with van der Waals surface area (Å²) < 4.78 is 14.3. The molecule has 4 atom stereocenters. The molecule has 0 spiro atoms. The third-order valence-electron chi connectivity index (χ3n) is 8.79. The van der Waals surface area contributed by atoms with Gasteiger partial charge in [0.1, 0.15) is 11.8 Å². The zero-order valence-electron chi connectivity index (χ0n) is 27.8. The Bertz CT molecular complexity index is 1900. The second kappa shape index (κ2) is 17.5. The van der Waals surface area contributed by atoms with Crippen molar-refractivity contribution in [2.24, 2.45) is 11.7 Å². The number of carbonyl (C=O) groups is 3. The van der Waals surface area contributed by atoms with E-state index in [0.29, 0.717) is 12.8 Å². The Kier molecular flexibility index (Phi) is 12.6. The van der Waals surface area contributed by atoms with Gasteiger partial charge >= 0.3 is 0 Å². The highest BCUT2D eigenvalue weighted by atomic mass is 31.2. The van der Waals surface area contributed by atoms with Crippen LogP contribution in [0.5, 0.6) is 0 Å². The number of hydrogen-bond acceptors (Lipinski definition) is 5. The van der Waals surface area contributed by atoms with E-state index in [1.807, 2.05) is 115 Å². The normalized spacial score (nSPS) is 14.2. The lowest BCUT2D eigenvalue weighted by atomic mass is 9.98. The summed E-state index contributed by atoms with van der Waals surface area (Å²) in [5.41, 5.74) is 10.1. The number of aromatic nitrogens is 1. The van der Waals surface area contributed by atoms with E-state index in [1.54, 1.807) is 6.20 Å². The second-order valence-electron chi connectivity index (χ2n) is 12.5. The van der Waals surface area contributed by atoms with E-state index in [2.05, 4.69) is 20.9 Å². The van der Waals surface area contributed by atoms with E-state index < -0.39 is 49.0 Å². The van der Waals surface area contributed by atoms with E-state index in [9.17, 15) is 23.8 Å². The number of para-hydroxylation sites is 2. The molecule has 3 amide bonds. The van der Waals surface area contributed by atoms with Crippen molar-refractivity contribution in [3.63, 3.8) is 0 Å². The lowest BCUT2D eigenvalue weighted by molar-refractivity contribution is -0.129. The zero-order chi connectivity index (χ0) is 35.3. The minimum atomic E-state index is -4.24. The van der Waals surface area contributed by atoms with Gasteiger partial charge in [0.2, 0.25) is 25.1 Å². The number of H-pyrrole nitrogens is 1. The Hall–Kier alpha value is -5.18. The number of aryl methyl sites for hydroxylation is 1. The fraction of sp³-hybridized carbons (Fsp3) is 0.256. The molecule has 7 N–H and O–H groups in total. The Morgan fingerprint density at radius 2 is 1.40 bits per heavy atom. The first-order chi connectivity index (χ1) is 24.2. The van der Waals surface area contributed by atoms with Crippen molar-refractivity contribution in [1.29, 1.82) is 0 Å². The molecular formula is C39H44N5O5P. The number of carbonyl (C=O) groups excluding carboxylic acids is 3. The molecule has 1 aromatic heterocycles. The monoisotopic (exact) mass is 693 g/mol. The molecule has 11 heteroatoms. The maximum Gasteiger partial charge on any atom is 0.240 e. The molecule has 4 aromatic carbocycles. The largest absolute Gasteiger partial charge is 0.376 e. The van der Waals surface area contributed by atoms with Crippen LogP contribution in [0.1, 0.15) is 29.5 Å². The molecule has 5 rings (SSSR count). The first kappa shape index (κ1) is 36.1. The summed E-state index contributed by atoms with van der Waals surface area (Å²) in [7, 11) is -4.24. The average Bonchev–Trinajstić information content (AvgIpc) is 3.53. The van der Waals surface area contributed by atoms with Gasteiger partial charge in [0.15, 0.2) is 0 Å². The maximum absolute atomic E-state index is 14.3. The summed E-state index contributed by atoms with van der Waals surface area (Å²) in [6.07, 6.45) is 3.14.